The van der Waals surface area contributed by atoms with E-state index in [1.54, 1.807) is 0 Å². The molecule has 1 saturated heterocycles. The highest BCUT2D eigenvalue weighted by molar-refractivity contribution is 14.1. The van der Waals surface area contributed by atoms with Crippen molar-refractivity contribution in [1.29, 1.82) is 0 Å². The highest BCUT2D eigenvalue weighted by atomic mass is 127. The van der Waals surface area contributed by atoms with Gasteiger partial charge in [0.05, 0.1) is 12.7 Å². The van der Waals surface area contributed by atoms with E-state index in [1.807, 2.05) is 4.90 Å². The van der Waals surface area contributed by atoms with E-state index in [4.69, 9.17) is 4.74 Å². The lowest BCUT2D eigenvalue weighted by atomic mass is 9.88. The Morgan fingerprint density at radius 2 is 1.86 bits per heavy atom. The van der Waals surface area contributed by atoms with E-state index in [0.717, 1.165) is 55.9 Å². The topological polar surface area (TPSA) is 32.8 Å². The molecule has 1 aromatic rings. The van der Waals surface area contributed by atoms with Crippen molar-refractivity contribution in [1.82, 2.24) is 9.80 Å². The summed E-state index contributed by atoms with van der Waals surface area (Å²) in [5, 5.41) is 0. The van der Waals surface area contributed by atoms with Gasteiger partial charge in [-0.25, -0.2) is 8.78 Å². The standard InChI is InChI=1S/C22H25F2IN2O2/c23-17-3-4-20(24)19(6-17)21-14(7-25)5-18(12-29-21)26-8-15-10-27(11-16(15)9-26)22(28)13-1-2-13/h3-4,6,13-14,18,21H,1-2,5,7-12H2/t14-,18-,21+/m1/s1. The monoisotopic (exact) mass is 514 g/mol. The van der Waals surface area contributed by atoms with Gasteiger partial charge in [-0.05, 0) is 54.5 Å². The molecule has 4 nitrogen and oxygen atoms in total. The van der Waals surface area contributed by atoms with E-state index in [1.165, 1.54) is 23.3 Å². The molecule has 29 heavy (non-hydrogen) atoms. The van der Waals surface area contributed by atoms with Gasteiger partial charge in [0.2, 0.25) is 5.91 Å². The second-order valence-corrected chi connectivity index (χ2v) is 9.69. The van der Waals surface area contributed by atoms with Gasteiger partial charge in [0.15, 0.2) is 0 Å². The van der Waals surface area contributed by atoms with E-state index in [-0.39, 0.29) is 17.9 Å². The predicted molar refractivity (Wildman–Crippen MR) is 114 cm³/mol. The number of carbonyl (C=O) groups is 1. The van der Waals surface area contributed by atoms with Gasteiger partial charge >= 0.3 is 0 Å². The second-order valence-electron chi connectivity index (χ2n) is 8.80. The number of hydrogen-bond acceptors (Lipinski definition) is 3. The van der Waals surface area contributed by atoms with Gasteiger partial charge in [0, 0.05) is 48.1 Å². The third-order valence-electron chi connectivity index (χ3n) is 6.74. The van der Waals surface area contributed by atoms with Gasteiger partial charge in [-0.15, -0.1) is 0 Å². The summed E-state index contributed by atoms with van der Waals surface area (Å²) in [6, 6.07) is 3.89. The highest BCUT2D eigenvalue weighted by Crippen LogP contribution is 2.40. The Morgan fingerprint density at radius 1 is 1.14 bits per heavy atom. The van der Waals surface area contributed by atoms with Crippen molar-refractivity contribution >= 4 is 28.5 Å². The SMILES string of the molecule is O=C(C1CC1)N1CC2=C(C1)CN([C@H]1CO[C@H](c3cc(F)ccc3F)[C@@H](CI)C1)C2. The summed E-state index contributed by atoms with van der Waals surface area (Å²) in [6.07, 6.45) is 2.62. The largest absolute Gasteiger partial charge is 0.371 e. The molecular weight excluding hydrogens is 489 g/mol. The molecule has 3 aliphatic heterocycles. The van der Waals surface area contributed by atoms with Crippen LogP contribution in [-0.4, -0.2) is 59.0 Å². The lowest BCUT2D eigenvalue weighted by Crippen LogP contribution is -2.46. The summed E-state index contributed by atoms with van der Waals surface area (Å²) in [5.74, 6) is -0.0647. The van der Waals surface area contributed by atoms with Gasteiger partial charge in [-0.2, -0.15) is 0 Å². The Balaban J connectivity index is 1.21. The molecule has 1 aromatic carbocycles. The maximum atomic E-state index is 14.3. The van der Waals surface area contributed by atoms with Gasteiger partial charge < -0.3 is 9.64 Å². The molecule has 0 unspecified atom stereocenters. The molecule has 0 radical (unpaired) electrons. The minimum atomic E-state index is -0.426. The molecule has 4 aliphatic rings. The van der Waals surface area contributed by atoms with Crippen molar-refractivity contribution in [3.8, 4) is 0 Å². The minimum absolute atomic E-state index is 0.147. The first-order chi connectivity index (χ1) is 14.0. The zero-order valence-electron chi connectivity index (χ0n) is 16.3. The van der Waals surface area contributed by atoms with Crippen LogP contribution in [0.4, 0.5) is 8.78 Å². The average Bonchev–Trinajstić information content (AvgIpc) is 3.38. The Hall–Kier alpha value is -1.06. The highest BCUT2D eigenvalue weighted by Gasteiger charge is 2.42. The van der Waals surface area contributed by atoms with Crippen LogP contribution in [0.15, 0.2) is 29.3 Å². The maximum Gasteiger partial charge on any atom is 0.226 e. The molecule has 2 fully saturated rings. The predicted octanol–water partition coefficient (Wildman–Crippen LogP) is 3.71. The quantitative estimate of drug-likeness (QED) is 0.349. The molecule has 1 amide bonds. The Bertz CT molecular complexity index is 839. The normalized spacial score (nSPS) is 30.2. The van der Waals surface area contributed by atoms with Crippen LogP contribution in [0.3, 0.4) is 0 Å². The summed E-state index contributed by atoms with van der Waals surface area (Å²) in [6.45, 7) is 3.87. The number of benzene rings is 1. The maximum absolute atomic E-state index is 14.3. The van der Waals surface area contributed by atoms with Gasteiger partial charge in [0.1, 0.15) is 11.6 Å². The number of ether oxygens (including phenoxy) is 1. The number of nitrogens with zero attached hydrogens (tertiary/aromatic N) is 2. The first kappa shape index (κ1) is 19.9. The zero-order chi connectivity index (χ0) is 20.1. The molecule has 0 N–H and O–H groups in total. The fraction of sp³-hybridized carbons (Fsp3) is 0.591. The molecule has 156 valence electrons. The van der Waals surface area contributed by atoms with Crippen LogP contribution in [0, 0.1) is 23.5 Å². The van der Waals surface area contributed by atoms with Gasteiger partial charge in [-0.1, -0.05) is 22.6 Å². The zero-order valence-corrected chi connectivity index (χ0v) is 18.4. The molecule has 7 heteroatoms. The molecule has 3 atom stereocenters. The first-order valence-corrected chi connectivity index (χ1v) is 11.9. The smallest absolute Gasteiger partial charge is 0.226 e. The van der Waals surface area contributed by atoms with Gasteiger partial charge in [-0.3, -0.25) is 9.69 Å². The van der Waals surface area contributed by atoms with Crippen LogP contribution in [0.2, 0.25) is 0 Å². The van der Waals surface area contributed by atoms with Crippen molar-refractivity contribution < 1.29 is 18.3 Å². The Morgan fingerprint density at radius 3 is 2.52 bits per heavy atom. The third-order valence-corrected chi connectivity index (χ3v) is 7.87. The molecule has 1 saturated carbocycles. The lowest BCUT2D eigenvalue weighted by molar-refractivity contribution is -0.131. The Labute approximate surface area is 183 Å². The molecule has 1 aliphatic carbocycles. The molecule has 0 aromatic heterocycles. The number of rotatable bonds is 4. The first-order valence-electron chi connectivity index (χ1n) is 10.4. The lowest BCUT2D eigenvalue weighted by Gasteiger charge is -2.40. The van der Waals surface area contributed by atoms with Crippen molar-refractivity contribution in [2.45, 2.75) is 31.4 Å². The molecule has 5 rings (SSSR count). The fourth-order valence-electron chi connectivity index (χ4n) is 4.98. The van der Waals surface area contributed by atoms with Crippen LogP contribution in [0.25, 0.3) is 0 Å². The molecule has 3 heterocycles. The molecule has 0 bridgehead atoms. The van der Waals surface area contributed by atoms with Crippen molar-refractivity contribution in [3.05, 3.63) is 46.5 Å². The van der Waals surface area contributed by atoms with Crippen molar-refractivity contribution in [2.24, 2.45) is 11.8 Å². The van der Waals surface area contributed by atoms with Crippen molar-refractivity contribution in [2.75, 3.05) is 37.2 Å². The average molecular weight is 514 g/mol. The summed E-state index contributed by atoms with van der Waals surface area (Å²) < 4.78 is 34.9. The van der Waals surface area contributed by atoms with Crippen LogP contribution >= 0.6 is 22.6 Å². The van der Waals surface area contributed by atoms with Crippen LogP contribution in [0.1, 0.15) is 30.9 Å². The number of alkyl halides is 1. The summed E-state index contributed by atoms with van der Waals surface area (Å²) >= 11 is 2.32. The fourth-order valence-corrected chi connectivity index (χ4v) is 5.80. The number of amides is 1. The van der Waals surface area contributed by atoms with Crippen molar-refractivity contribution in [3.63, 3.8) is 0 Å². The van der Waals surface area contributed by atoms with E-state index in [0.29, 0.717) is 18.1 Å². The summed E-state index contributed by atoms with van der Waals surface area (Å²) in [4.78, 5) is 16.8. The van der Waals surface area contributed by atoms with Gasteiger partial charge in [0.25, 0.3) is 0 Å². The third kappa shape index (κ3) is 3.85. The molecular formula is C22H25F2IN2O2. The molecule has 0 spiro atoms. The Kier molecular flexibility index (Phi) is 5.41. The van der Waals surface area contributed by atoms with E-state index in [2.05, 4.69) is 27.5 Å². The summed E-state index contributed by atoms with van der Waals surface area (Å²) in [7, 11) is 0. The van der Waals surface area contributed by atoms with Crippen LogP contribution in [0.5, 0.6) is 0 Å². The summed E-state index contributed by atoms with van der Waals surface area (Å²) in [5.41, 5.74) is 3.12. The number of halogens is 3. The van der Waals surface area contributed by atoms with Crippen LogP contribution in [-0.2, 0) is 9.53 Å². The van der Waals surface area contributed by atoms with E-state index < -0.39 is 17.7 Å². The second kappa shape index (κ2) is 7.89. The van der Waals surface area contributed by atoms with E-state index in [9.17, 15) is 13.6 Å². The van der Waals surface area contributed by atoms with E-state index >= 15 is 0 Å². The number of hydrogen-bond donors (Lipinski definition) is 0. The minimum Gasteiger partial charge on any atom is -0.371 e. The number of carbonyl (C=O) groups excluding carboxylic acids is 1. The van der Waals surface area contributed by atoms with Crippen LogP contribution < -0.4 is 0 Å².